The van der Waals surface area contributed by atoms with Gasteiger partial charge in [0, 0.05) is 22.2 Å². The largest absolute Gasteiger partial charge is 0.502 e. The molecular weight excluding hydrogens is 270 g/mol. The van der Waals surface area contributed by atoms with E-state index in [4.69, 9.17) is 11.6 Å². The third kappa shape index (κ3) is 2.71. The second-order valence-electron chi connectivity index (χ2n) is 3.80. The number of aromatic hydroxyl groups is 1. The van der Waals surface area contributed by atoms with Crippen molar-refractivity contribution in [1.82, 2.24) is 0 Å². The van der Waals surface area contributed by atoms with Gasteiger partial charge in [-0.1, -0.05) is 11.6 Å². The van der Waals surface area contributed by atoms with Gasteiger partial charge in [-0.05, 0) is 36.4 Å². The van der Waals surface area contributed by atoms with Crippen molar-refractivity contribution < 1.29 is 14.8 Å². The molecule has 6 heteroatoms. The summed E-state index contributed by atoms with van der Waals surface area (Å²) in [6, 6.07) is 9.69. The number of nitrogens with zero attached hydrogens (tertiary/aromatic N) is 1. The van der Waals surface area contributed by atoms with Crippen LogP contribution >= 0.6 is 11.6 Å². The molecule has 0 fully saturated rings. The average Bonchev–Trinajstić information content (AvgIpc) is 2.39. The van der Waals surface area contributed by atoms with Crippen LogP contribution in [-0.4, -0.2) is 15.8 Å². The van der Waals surface area contributed by atoms with Crippen LogP contribution in [0, 0.1) is 10.1 Å². The van der Waals surface area contributed by atoms with Crippen LogP contribution < -0.4 is 0 Å². The lowest BCUT2D eigenvalue weighted by molar-refractivity contribution is -0.385. The van der Waals surface area contributed by atoms with Gasteiger partial charge in [0.05, 0.1) is 4.92 Å². The number of hydrogen-bond donors (Lipinski definition) is 1. The highest BCUT2D eigenvalue weighted by Crippen LogP contribution is 2.27. The fourth-order valence-corrected chi connectivity index (χ4v) is 1.70. The molecule has 0 aromatic heterocycles. The number of phenols is 1. The molecule has 0 atom stereocenters. The van der Waals surface area contributed by atoms with E-state index in [0.717, 1.165) is 12.1 Å². The third-order valence-corrected chi connectivity index (χ3v) is 2.79. The molecule has 0 spiro atoms. The Labute approximate surface area is 113 Å². The van der Waals surface area contributed by atoms with Crippen molar-refractivity contribution in [1.29, 1.82) is 0 Å². The summed E-state index contributed by atoms with van der Waals surface area (Å²) in [6.07, 6.45) is 0. The highest BCUT2D eigenvalue weighted by atomic mass is 35.5. The zero-order valence-electron chi connectivity index (χ0n) is 9.54. The third-order valence-electron chi connectivity index (χ3n) is 2.54. The lowest BCUT2D eigenvalue weighted by Gasteiger charge is -2.02. The van der Waals surface area contributed by atoms with E-state index in [1.165, 1.54) is 18.2 Å². The zero-order chi connectivity index (χ0) is 14.0. The lowest BCUT2D eigenvalue weighted by atomic mass is 10.0. The number of phenolic OH excluding ortho intramolecular Hbond substituents is 1. The molecule has 0 saturated heterocycles. The van der Waals surface area contributed by atoms with Crippen LogP contribution in [0.1, 0.15) is 15.9 Å². The molecule has 0 aliphatic rings. The Morgan fingerprint density at radius 2 is 1.68 bits per heavy atom. The van der Waals surface area contributed by atoms with E-state index in [2.05, 4.69) is 0 Å². The Hall–Kier alpha value is -2.40. The lowest BCUT2D eigenvalue weighted by Crippen LogP contribution is -2.02. The minimum absolute atomic E-state index is 0.131. The van der Waals surface area contributed by atoms with Gasteiger partial charge < -0.3 is 5.11 Å². The van der Waals surface area contributed by atoms with E-state index < -0.39 is 16.4 Å². The number of halogens is 1. The normalized spacial score (nSPS) is 10.2. The van der Waals surface area contributed by atoms with E-state index in [-0.39, 0.29) is 11.3 Å². The summed E-state index contributed by atoms with van der Waals surface area (Å²) >= 11 is 5.72. The van der Waals surface area contributed by atoms with Gasteiger partial charge in [-0.25, -0.2) is 0 Å². The van der Waals surface area contributed by atoms with Crippen LogP contribution in [0.4, 0.5) is 5.69 Å². The topological polar surface area (TPSA) is 80.4 Å². The molecule has 0 amide bonds. The molecule has 19 heavy (non-hydrogen) atoms. The molecule has 2 aromatic carbocycles. The molecule has 0 radical (unpaired) electrons. The molecule has 2 rings (SSSR count). The van der Waals surface area contributed by atoms with Gasteiger partial charge in [-0.2, -0.15) is 0 Å². The molecule has 2 aromatic rings. The predicted octanol–water partition coefficient (Wildman–Crippen LogP) is 3.18. The number of hydrogen-bond acceptors (Lipinski definition) is 4. The van der Waals surface area contributed by atoms with Gasteiger partial charge in [0.15, 0.2) is 11.5 Å². The number of carbonyl (C=O) groups excluding carboxylic acids is 1. The maximum Gasteiger partial charge on any atom is 0.311 e. The van der Waals surface area contributed by atoms with Crippen LogP contribution in [0.5, 0.6) is 5.75 Å². The summed E-state index contributed by atoms with van der Waals surface area (Å²) in [7, 11) is 0. The van der Waals surface area contributed by atoms with Crippen LogP contribution in [0.25, 0.3) is 0 Å². The Morgan fingerprint density at radius 3 is 2.26 bits per heavy atom. The number of nitro groups is 1. The first kappa shape index (κ1) is 13.0. The molecule has 1 N–H and O–H groups in total. The van der Waals surface area contributed by atoms with Crippen molar-refractivity contribution in [3.63, 3.8) is 0 Å². The van der Waals surface area contributed by atoms with Gasteiger partial charge in [-0.15, -0.1) is 0 Å². The van der Waals surface area contributed by atoms with Gasteiger partial charge in [0.2, 0.25) is 0 Å². The SMILES string of the molecule is O=C(c1ccc(Cl)cc1)c1ccc(O)c([N+](=O)[O-])c1. The highest BCUT2D eigenvalue weighted by molar-refractivity contribution is 6.30. The van der Waals surface area contributed by atoms with Crippen molar-refractivity contribution in [2.75, 3.05) is 0 Å². The summed E-state index contributed by atoms with van der Waals surface area (Å²) < 4.78 is 0. The first-order valence-electron chi connectivity index (χ1n) is 5.26. The van der Waals surface area contributed by atoms with Crippen molar-refractivity contribution in [3.8, 4) is 5.75 Å². The molecule has 0 heterocycles. The molecule has 5 nitrogen and oxygen atoms in total. The minimum Gasteiger partial charge on any atom is -0.502 e. The van der Waals surface area contributed by atoms with E-state index in [1.807, 2.05) is 0 Å². The Balaban J connectivity index is 2.42. The van der Waals surface area contributed by atoms with Crippen LogP contribution in [0.15, 0.2) is 42.5 Å². The molecule has 0 aliphatic carbocycles. The van der Waals surface area contributed by atoms with Crippen molar-refractivity contribution >= 4 is 23.1 Å². The molecule has 0 aliphatic heterocycles. The molecule has 0 bridgehead atoms. The van der Waals surface area contributed by atoms with E-state index in [9.17, 15) is 20.0 Å². The summed E-state index contributed by atoms with van der Waals surface area (Å²) in [5.41, 5.74) is -0.00368. The quantitative estimate of drug-likeness (QED) is 0.531. The predicted molar refractivity (Wildman–Crippen MR) is 69.6 cm³/mol. The number of rotatable bonds is 3. The van der Waals surface area contributed by atoms with E-state index in [1.54, 1.807) is 12.1 Å². The minimum atomic E-state index is -0.742. The summed E-state index contributed by atoms with van der Waals surface area (Å²) in [5, 5.41) is 20.5. The fourth-order valence-electron chi connectivity index (χ4n) is 1.58. The number of nitro benzene ring substituents is 1. The second kappa shape index (κ2) is 5.07. The van der Waals surface area contributed by atoms with Gasteiger partial charge in [0.25, 0.3) is 0 Å². The Kier molecular flexibility index (Phi) is 3.48. The Bertz CT molecular complexity index is 652. The average molecular weight is 278 g/mol. The highest BCUT2D eigenvalue weighted by Gasteiger charge is 2.17. The Morgan fingerprint density at radius 1 is 1.11 bits per heavy atom. The van der Waals surface area contributed by atoms with Gasteiger partial charge >= 0.3 is 5.69 Å². The first-order chi connectivity index (χ1) is 8.99. The molecule has 96 valence electrons. The standard InChI is InChI=1S/C13H8ClNO4/c14-10-4-1-8(2-5-10)13(17)9-3-6-12(16)11(7-9)15(18)19/h1-7,16H. The van der Waals surface area contributed by atoms with Crippen molar-refractivity contribution in [2.45, 2.75) is 0 Å². The summed E-state index contributed by atoms with van der Waals surface area (Å²) in [4.78, 5) is 22.0. The molecular formula is C13H8ClNO4. The zero-order valence-corrected chi connectivity index (χ0v) is 10.3. The van der Waals surface area contributed by atoms with Crippen LogP contribution in [0.3, 0.4) is 0 Å². The fraction of sp³-hybridized carbons (Fsp3) is 0. The first-order valence-corrected chi connectivity index (χ1v) is 5.64. The smallest absolute Gasteiger partial charge is 0.311 e. The number of carbonyl (C=O) groups is 1. The van der Waals surface area contributed by atoms with Crippen LogP contribution in [-0.2, 0) is 0 Å². The maximum atomic E-state index is 12.1. The van der Waals surface area contributed by atoms with Crippen molar-refractivity contribution in [2.24, 2.45) is 0 Å². The molecule has 0 saturated carbocycles. The number of ketones is 1. The summed E-state index contributed by atoms with van der Waals surface area (Å²) in [6.45, 7) is 0. The van der Waals surface area contributed by atoms with E-state index in [0.29, 0.717) is 10.6 Å². The van der Waals surface area contributed by atoms with E-state index >= 15 is 0 Å². The second-order valence-corrected chi connectivity index (χ2v) is 4.23. The van der Waals surface area contributed by atoms with Gasteiger partial charge in [-0.3, -0.25) is 14.9 Å². The van der Waals surface area contributed by atoms with Crippen molar-refractivity contribution in [3.05, 3.63) is 68.7 Å². The monoisotopic (exact) mass is 277 g/mol. The molecule has 0 unspecified atom stereocenters. The summed E-state index contributed by atoms with van der Waals surface area (Å²) in [5.74, 6) is -0.850. The maximum absolute atomic E-state index is 12.1. The van der Waals surface area contributed by atoms with Crippen LogP contribution in [0.2, 0.25) is 5.02 Å². The number of benzene rings is 2. The van der Waals surface area contributed by atoms with Gasteiger partial charge in [0.1, 0.15) is 0 Å².